The lowest BCUT2D eigenvalue weighted by atomic mass is 10.1. The van der Waals surface area contributed by atoms with Crippen molar-refractivity contribution in [3.8, 4) is 0 Å². The first-order valence-electron chi connectivity index (χ1n) is 12.8. The third kappa shape index (κ3) is 9.47. The van der Waals surface area contributed by atoms with Gasteiger partial charge in [-0.25, -0.2) is 20.6 Å². The quantitative estimate of drug-likeness (QED) is 0.156. The van der Waals surface area contributed by atoms with Crippen LogP contribution in [0.4, 0.5) is 0 Å². The van der Waals surface area contributed by atoms with E-state index in [1.165, 1.54) is 23.9 Å². The second-order valence-electron chi connectivity index (χ2n) is 8.95. The van der Waals surface area contributed by atoms with E-state index >= 15 is 0 Å². The fraction of sp³-hybridized carbons (Fsp3) is 0.783. The average Bonchev–Trinajstić information content (AvgIpc) is 3.19. The molecular formula is C23H40N4O9P2S. The van der Waals surface area contributed by atoms with Crippen molar-refractivity contribution in [3.05, 3.63) is 44.5 Å². The summed E-state index contributed by atoms with van der Waals surface area (Å²) in [5.41, 5.74) is -1.21. The molecule has 3 unspecified atom stereocenters. The van der Waals surface area contributed by atoms with Crippen LogP contribution in [0.2, 0.25) is 0 Å². The molecular weight excluding hydrogens is 570 g/mol. The van der Waals surface area contributed by atoms with Crippen LogP contribution in [0.1, 0.15) is 47.8 Å². The highest BCUT2D eigenvalue weighted by Crippen LogP contribution is 2.61. The Morgan fingerprint density at radius 2 is 1.85 bits per heavy atom. The maximum atomic E-state index is 13.2. The Hall–Kier alpha value is -1.10. The van der Waals surface area contributed by atoms with Crippen LogP contribution in [0.25, 0.3) is 4.85 Å². The van der Waals surface area contributed by atoms with Gasteiger partial charge in [-0.15, -0.1) is 0 Å². The Kier molecular flexibility index (Phi) is 14.3. The highest BCUT2D eigenvalue weighted by Gasteiger charge is 2.50. The smallest absolute Gasteiger partial charge is 0.374 e. The Balaban J connectivity index is 2.48. The molecule has 0 amide bonds. The molecule has 1 fully saturated rings. The lowest BCUT2D eigenvalue weighted by molar-refractivity contribution is -0.0505. The van der Waals surface area contributed by atoms with Crippen LogP contribution < -0.4 is 11.2 Å². The third-order valence-corrected chi connectivity index (χ3v) is 11.6. The van der Waals surface area contributed by atoms with Crippen molar-refractivity contribution >= 4 is 26.7 Å². The van der Waals surface area contributed by atoms with E-state index in [-0.39, 0.29) is 44.2 Å². The molecule has 1 aromatic heterocycles. The van der Waals surface area contributed by atoms with Gasteiger partial charge < -0.3 is 32.4 Å². The van der Waals surface area contributed by atoms with Crippen molar-refractivity contribution < 1.29 is 32.1 Å². The summed E-state index contributed by atoms with van der Waals surface area (Å²) in [5, 5.41) is 0. The molecule has 16 heteroatoms. The van der Waals surface area contributed by atoms with Gasteiger partial charge in [-0.2, -0.15) is 0 Å². The normalized spacial score (nSPS) is 22.6. The van der Waals surface area contributed by atoms with E-state index in [0.29, 0.717) is 0 Å². The number of rotatable bonds is 17. The Morgan fingerprint density at radius 3 is 2.36 bits per heavy atom. The van der Waals surface area contributed by atoms with Crippen molar-refractivity contribution in [2.45, 2.75) is 78.2 Å². The summed E-state index contributed by atoms with van der Waals surface area (Å²) in [7, 11) is -0.222. The van der Waals surface area contributed by atoms with Crippen molar-refractivity contribution in [1.82, 2.24) is 14.2 Å². The van der Waals surface area contributed by atoms with Crippen LogP contribution in [-0.2, 0) is 32.1 Å². The fourth-order valence-electron chi connectivity index (χ4n) is 4.06. The zero-order valence-electron chi connectivity index (χ0n) is 23.5. The molecule has 13 nitrogen and oxygen atoms in total. The fourth-order valence-corrected chi connectivity index (χ4v) is 9.34. The van der Waals surface area contributed by atoms with Crippen molar-refractivity contribution in [2.24, 2.45) is 0 Å². The van der Waals surface area contributed by atoms with Gasteiger partial charge in [-0.1, -0.05) is 0 Å². The zero-order chi connectivity index (χ0) is 29.2. The molecule has 0 bridgehead atoms. The van der Waals surface area contributed by atoms with Crippen LogP contribution in [0, 0.1) is 6.57 Å². The van der Waals surface area contributed by atoms with Gasteiger partial charge in [0.25, 0.3) is 14.1 Å². The van der Waals surface area contributed by atoms with E-state index < -0.39 is 51.1 Å². The van der Waals surface area contributed by atoms with Gasteiger partial charge >= 0.3 is 12.5 Å². The second kappa shape index (κ2) is 16.4. The highest BCUT2D eigenvalue weighted by atomic mass is 32.7. The Morgan fingerprint density at radius 1 is 1.21 bits per heavy atom. The van der Waals surface area contributed by atoms with E-state index in [1.54, 1.807) is 13.8 Å². The molecule has 0 aromatic carbocycles. The van der Waals surface area contributed by atoms with Crippen molar-refractivity contribution in [2.75, 3.05) is 39.2 Å². The maximum absolute atomic E-state index is 13.2. The number of nitrogens with one attached hydrogen (secondary N) is 1. The summed E-state index contributed by atoms with van der Waals surface area (Å²) < 4.78 is 52.1. The molecule has 222 valence electrons. The van der Waals surface area contributed by atoms with Gasteiger partial charge in [0, 0.05) is 37.2 Å². The first kappa shape index (κ1) is 34.1. The molecule has 1 N–H and O–H groups in total. The zero-order valence-corrected chi connectivity index (χ0v) is 26.1. The van der Waals surface area contributed by atoms with Crippen LogP contribution in [0.3, 0.4) is 0 Å². The van der Waals surface area contributed by atoms with E-state index in [4.69, 9.17) is 34.1 Å². The molecule has 1 aliphatic rings. The SMILES string of the molecule is [C-]#[N+]CCOP(OC1C(OC)[C@H](n2ccc(=O)[nH]c2=O)O[C@@H]1CSP(=O)(OCC)OCC)N(C(C)C)C(C)C. The van der Waals surface area contributed by atoms with Gasteiger partial charge in [-0.3, -0.25) is 14.3 Å². The van der Waals surface area contributed by atoms with Gasteiger partial charge in [0.15, 0.2) is 6.23 Å². The predicted molar refractivity (Wildman–Crippen MR) is 151 cm³/mol. The maximum Gasteiger partial charge on any atom is 0.389 e. The van der Waals surface area contributed by atoms with Crippen LogP contribution in [0.15, 0.2) is 21.9 Å². The average molecular weight is 611 g/mol. The van der Waals surface area contributed by atoms with Gasteiger partial charge in [0.05, 0.1) is 19.3 Å². The number of nitrogens with zero attached hydrogens (tertiary/aromatic N) is 3. The van der Waals surface area contributed by atoms with Crippen LogP contribution in [-0.4, -0.2) is 83.8 Å². The summed E-state index contributed by atoms with van der Waals surface area (Å²) in [6.45, 7) is 15.9. The van der Waals surface area contributed by atoms with Crippen LogP contribution >= 0.6 is 26.7 Å². The lowest BCUT2D eigenvalue weighted by Gasteiger charge is -2.38. The third-order valence-electron chi connectivity index (χ3n) is 5.52. The number of aromatic nitrogens is 2. The molecule has 1 aliphatic heterocycles. The van der Waals surface area contributed by atoms with Crippen molar-refractivity contribution in [3.63, 3.8) is 0 Å². The first-order chi connectivity index (χ1) is 18.5. The molecule has 0 aliphatic carbocycles. The van der Waals surface area contributed by atoms with E-state index in [0.717, 1.165) is 11.4 Å². The summed E-state index contributed by atoms with van der Waals surface area (Å²) in [6.07, 6.45) is -1.93. The Bertz CT molecular complexity index is 1080. The summed E-state index contributed by atoms with van der Waals surface area (Å²) in [5.74, 6) is 0.130. The number of hydrogen-bond donors (Lipinski definition) is 1. The number of methoxy groups -OCH3 is 1. The molecule has 1 saturated heterocycles. The van der Waals surface area contributed by atoms with Gasteiger partial charge in [0.1, 0.15) is 18.8 Å². The number of hydrogen-bond acceptors (Lipinski definition) is 11. The topological polar surface area (TPSA) is 135 Å². The van der Waals surface area contributed by atoms with E-state index in [9.17, 15) is 14.2 Å². The minimum absolute atomic E-state index is 0.0499. The Labute approximate surface area is 234 Å². The summed E-state index contributed by atoms with van der Waals surface area (Å²) in [6, 6.07) is 1.32. The first-order valence-corrected chi connectivity index (χ1v) is 17.0. The molecule has 0 spiro atoms. The minimum atomic E-state index is -3.49. The number of aromatic amines is 1. The largest absolute Gasteiger partial charge is 0.389 e. The molecule has 2 rings (SSSR count). The predicted octanol–water partition coefficient (Wildman–Crippen LogP) is 4.03. The van der Waals surface area contributed by atoms with Crippen LogP contribution in [0.5, 0.6) is 0 Å². The van der Waals surface area contributed by atoms with Gasteiger partial charge in [0.2, 0.25) is 6.54 Å². The molecule has 2 heterocycles. The van der Waals surface area contributed by atoms with E-state index in [1.807, 2.05) is 27.7 Å². The second-order valence-corrected chi connectivity index (χ2v) is 14.5. The summed E-state index contributed by atoms with van der Waals surface area (Å²) in [4.78, 5) is 29.9. The minimum Gasteiger partial charge on any atom is -0.374 e. The summed E-state index contributed by atoms with van der Waals surface area (Å²) >= 11 is 0.978. The molecule has 39 heavy (non-hydrogen) atoms. The number of ether oxygens (including phenoxy) is 2. The molecule has 5 atom stereocenters. The lowest BCUT2D eigenvalue weighted by Crippen LogP contribution is -2.41. The van der Waals surface area contributed by atoms with E-state index in [2.05, 4.69) is 14.5 Å². The molecule has 0 radical (unpaired) electrons. The number of H-pyrrole nitrogens is 1. The molecule has 1 aromatic rings. The van der Waals surface area contributed by atoms with Gasteiger partial charge in [-0.05, 0) is 52.9 Å². The standard InChI is InChI=1S/C23H40N4O9P2S/c1-9-33-38(30,34-10-2)39-15-18-20(36-37(32-14-12-24-7)27(16(3)4)17(5)6)21(31-8)22(35-18)26-13-11-19(28)25-23(26)29/h11,13,16-18,20-22H,9-10,12,14-15H2,1-6,8H3,(H,25,28,29)/t18-,20?,21?,22-,37?/m1/s1. The van der Waals surface area contributed by atoms with Crippen molar-refractivity contribution in [1.29, 1.82) is 0 Å². The highest BCUT2D eigenvalue weighted by molar-refractivity contribution is 8.55. The molecule has 0 saturated carbocycles. The monoisotopic (exact) mass is 610 g/mol.